The minimum atomic E-state index is -0.161. The monoisotopic (exact) mass is 358 g/mol. The highest BCUT2D eigenvalue weighted by molar-refractivity contribution is 6.06. The number of hydrogen-bond acceptors (Lipinski definition) is 2. The first-order valence-corrected chi connectivity index (χ1v) is 8.79. The molecular weight excluding hydrogens is 336 g/mol. The maximum absolute atomic E-state index is 12.5. The SMILES string of the molecule is Cc1ccc(C(=O)Nc2ccc(NC(=O)c3ccccc3)c(C)c2)cc1C. The first-order valence-electron chi connectivity index (χ1n) is 8.79. The fraction of sp³-hybridized carbons (Fsp3) is 0.130. The second-order valence-electron chi connectivity index (χ2n) is 6.60. The van der Waals surface area contributed by atoms with E-state index in [4.69, 9.17) is 0 Å². The van der Waals surface area contributed by atoms with Gasteiger partial charge in [0.1, 0.15) is 0 Å². The van der Waals surface area contributed by atoms with Gasteiger partial charge in [0.05, 0.1) is 0 Å². The van der Waals surface area contributed by atoms with Crippen molar-refractivity contribution in [2.45, 2.75) is 20.8 Å². The standard InChI is InChI=1S/C23H22N2O2/c1-15-9-10-19(13-16(15)2)23(27)24-20-11-12-21(17(3)14-20)25-22(26)18-7-5-4-6-8-18/h4-14H,1-3H3,(H,24,27)(H,25,26). The molecule has 0 heterocycles. The molecule has 3 aromatic rings. The van der Waals surface area contributed by atoms with E-state index in [0.29, 0.717) is 22.5 Å². The topological polar surface area (TPSA) is 58.2 Å². The van der Waals surface area contributed by atoms with Crippen LogP contribution < -0.4 is 10.6 Å². The Balaban J connectivity index is 1.71. The van der Waals surface area contributed by atoms with E-state index in [1.54, 1.807) is 24.3 Å². The molecule has 0 bridgehead atoms. The Hall–Kier alpha value is -3.40. The lowest BCUT2D eigenvalue weighted by Gasteiger charge is -2.12. The molecule has 0 saturated heterocycles. The van der Waals surface area contributed by atoms with Crippen molar-refractivity contribution >= 4 is 23.2 Å². The minimum absolute atomic E-state index is 0.154. The zero-order valence-corrected chi connectivity index (χ0v) is 15.7. The van der Waals surface area contributed by atoms with Gasteiger partial charge in [0.2, 0.25) is 0 Å². The molecule has 0 unspecified atom stereocenters. The van der Waals surface area contributed by atoms with Crippen LogP contribution in [-0.2, 0) is 0 Å². The van der Waals surface area contributed by atoms with Gasteiger partial charge in [-0.3, -0.25) is 9.59 Å². The highest BCUT2D eigenvalue weighted by atomic mass is 16.2. The van der Waals surface area contributed by atoms with E-state index in [-0.39, 0.29) is 11.8 Å². The van der Waals surface area contributed by atoms with Crippen molar-refractivity contribution < 1.29 is 9.59 Å². The van der Waals surface area contributed by atoms with Gasteiger partial charge >= 0.3 is 0 Å². The van der Waals surface area contributed by atoms with Crippen LogP contribution in [0.25, 0.3) is 0 Å². The Morgan fingerprint density at radius 1 is 0.630 bits per heavy atom. The van der Waals surface area contributed by atoms with E-state index in [0.717, 1.165) is 16.7 Å². The van der Waals surface area contributed by atoms with Crippen molar-refractivity contribution in [2.75, 3.05) is 10.6 Å². The molecule has 136 valence electrons. The second kappa shape index (κ2) is 7.87. The molecule has 2 amide bonds. The van der Waals surface area contributed by atoms with Crippen molar-refractivity contribution in [2.24, 2.45) is 0 Å². The molecule has 0 spiro atoms. The summed E-state index contributed by atoms with van der Waals surface area (Å²) in [6, 6.07) is 20.1. The largest absolute Gasteiger partial charge is 0.322 e. The van der Waals surface area contributed by atoms with Crippen molar-refractivity contribution in [3.63, 3.8) is 0 Å². The Labute approximate surface area is 159 Å². The zero-order chi connectivity index (χ0) is 19.4. The molecule has 0 aromatic heterocycles. The van der Waals surface area contributed by atoms with Gasteiger partial charge in [0.15, 0.2) is 0 Å². The van der Waals surface area contributed by atoms with Crippen LogP contribution in [0.4, 0.5) is 11.4 Å². The quantitative estimate of drug-likeness (QED) is 0.680. The van der Waals surface area contributed by atoms with Crippen molar-refractivity contribution in [3.05, 3.63) is 94.5 Å². The van der Waals surface area contributed by atoms with Crippen molar-refractivity contribution in [1.29, 1.82) is 0 Å². The predicted molar refractivity (Wildman–Crippen MR) is 109 cm³/mol. The van der Waals surface area contributed by atoms with E-state index in [2.05, 4.69) is 10.6 Å². The first-order chi connectivity index (χ1) is 12.9. The summed E-state index contributed by atoms with van der Waals surface area (Å²) < 4.78 is 0. The Bertz CT molecular complexity index is 995. The Morgan fingerprint density at radius 2 is 1.33 bits per heavy atom. The van der Waals surface area contributed by atoms with Crippen LogP contribution in [0.2, 0.25) is 0 Å². The number of carbonyl (C=O) groups excluding carboxylic acids is 2. The zero-order valence-electron chi connectivity index (χ0n) is 15.7. The Morgan fingerprint density at radius 3 is 2.00 bits per heavy atom. The average Bonchev–Trinajstić information content (AvgIpc) is 2.66. The number of hydrogen-bond donors (Lipinski definition) is 2. The van der Waals surface area contributed by atoms with Gasteiger partial charge < -0.3 is 10.6 Å². The van der Waals surface area contributed by atoms with E-state index >= 15 is 0 Å². The molecule has 0 aliphatic rings. The summed E-state index contributed by atoms with van der Waals surface area (Å²) >= 11 is 0. The van der Waals surface area contributed by atoms with Gasteiger partial charge in [0.25, 0.3) is 11.8 Å². The lowest BCUT2D eigenvalue weighted by Crippen LogP contribution is -2.14. The third-order valence-electron chi connectivity index (χ3n) is 4.54. The van der Waals surface area contributed by atoms with Gasteiger partial charge in [-0.05, 0) is 79.9 Å². The van der Waals surface area contributed by atoms with Crippen LogP contribution in [-0.4, -0.2) is 11.8 Å². The van der Waals surface area contributed by atoms with E-state index in [9.17, 15) is 9.59 Å². The van der Waals surface area contributed by atoms with Crippen LogP contribution in [0.5, 0.6) is 0 Å². The summed E-state index contributed by atoms with van der Waals surface area (Å²) in [6.07, 6.45) is 0. The van der Waals surface area contributed by atoms with E-state index in [1.807, 2.05) is 63.2 Å². The normalized spacial score (nSPS) is 10.3. The first kappa shape index (κ1) is 18.4. The maximum atomic E-state index is 12.5. The van der Waals surface area contributed by atoms with Crippen LogP contribution in [0.3, 0.4) is 0 Å². The van der Waals surface area contributed by atoms with E-state index in [1.165, 1.54) is 0 Å². The third kappa shape index (κ3) is 4.42. The molecule has 2 N–H and O–H groups in total. The summed E-state index contributed by atoms with van der Waals surface area (Å²) in [5.41, 5.74) is 5.73. The average molecular weight is 358 g/mol. The van der Waals surface area contributed by atoms with Crippen LogP contribution in [0.15, 0.2) is 66.7 Å². The molecule has 0 aliphatic heterocycles. The molecule has 0 saturated carbocycles. The highest BCUT2D eigenvalue weighted by Crippen LogP contribution is 2.21. The number of aryl methyl sites for hydroxylation is 3. The van der Waals surface area contributed by atoms with Crippen molar-refractivity contribution in [1.82, 2.24) is 0 Å². The van der Waals surface area contributed by atoms with Crippen LogP contribution in [0, 0.1) is 20.8 Å². The molecule has 4 heteroatoms. The Kier molecular flexibility index (Phi) is 5.36. The minimum Gasteiger partial charge on any atom is -0.322 e. The lowest BCUT2D eigenvalue weighted by atomic mass is 10.1. The summed E-state index contributed by atoms with van der Waals surface area (Å²) in [4.78, 5) is 24.7. The molecule has 3 rings (SSSR count). The number of rotatable bonds is 4. The van der Waals surface area contributed by atoms with Crippen LogP contribution in [0.1, 0.15) is 37.4 Å². The number of benzene rings is 3. The number of nitrogens with one attached hydrogen (secondary N) is 2. The van der Waals surface area contributed by atoms with Gasteiger partial charge in [-0.15, -0.1) is 0 Å². The highest BCUT2D eigenvalue weighted by Gasteiger charge is 2.10. The molecule has 0 radical (unpaired) electrons. The smallest absolute Gasteiger partial charge is 0.255 e. The molecule has 3 aromatic carbocycles. The fourth-order valence-corrected chi connectivity index (χ4v) is 2.75. The predicted octanol–water partition coefficient (Wildman–Crippen LogP) is 5.12. The van der Waals surface area contributed by atoms with Crippen molar-refractivity contribution in [3.8, 4) is 0 Å². The van der Waals surface area contributed by atoms with Gasteiger partial charge in [-0.1, -0.05) is 24.3 Å². The van der Waals surface area contributed by atoms with Crippen LogP contribution >= 0.6 is 0 Å². The second-order valence-corrected chi connectivity index (χ2v) is 6.60. The number of carbonyl (C=O) groups is 2. The maximum Gasteiger partial charge on any atom is 0.255 e. The summed E-state index contributed by atoms with van der Waals surface area (Å²) in [7, 11) is 0. The molecule has 0 fully saturated rings. The summed E-state index contributed by atoms with van der Waals surface area (Å²) in [6.45, 7) is 5.90. The third-order valence-corrected chi connectivity index (χ3v) is 4.54. The van der Waals surface area contributed by atoms with Gasteiger partial charge in [-0.25, -0.2) is 0 Å². The van der Waals surface area contributed by atoms with E-state index < -0.39 is 0 Å². The van der Waals surface area contributed by atoms with Gasteiger partial charge in [-0.2, -0.15) is 0 Å². The summed E-state index contributed by atoms with van der Waals surface area (Å²) in [5.74, 6) is -0.316. The lowest BCUT2D eigenvalue weighted by molar-refractivity contribution is 0.101. The molecule has 0 aliphatic carbocycles. The molecule has 4 nitrogen and oxygen atoms in total. The number of amides is 2. The molecule has 0 atom stereocenters. The summed E-state index contributed by atoms with van der Waals surface area (Å²) in [5, 5.41) is 5.81. The molecular formula is C23H22N2O2. The van der Waals surface area contributed by atoms with Gasteiger partial charge in [0, 0.05) is 22.5 Å². The fourth-order valence-electron chi connectivity index (χ4n) is 2.75. The molecule has 27 heavy (non-hydrogen) atoms. The number of anilines is 2.